The second-order valence-electron chi connectivity index (χ2n) is 12.0. The Kier molecular flexibility index (Phi) is 5.37. The molecule has 2 aliphatic carbocycles. The number of nitrogens with one attached hydrogen (secondary N) is 1. The molecule has 4 aliphatic rings. The van der Waals surface area contributed by atoms with Crippen LogP contribution in [0.15, 0.2) is 36.4 Å². The minimum absolute atomic E-state index is 0.0188. The molecule has 2 saturated carbocycles. The van der Waals surface area contributed by atoms with Crippen molar-refractivity contribution in [1.29, 1.82) is 0 Å². The van der Waals surface area contributed by atoms with E-state index < -0.39 is 0 Å². The van der Waals surface area contributed by atoms with Crippen LogP contribution in [0.4, 0.5) is 0 Å². The monoisotopic (exact) mass is 537 g/mol. The normalized spacial score (nSPS) is 24.0. The highest BCUT2D eigenvalue weighted by molar-refractivity contribution is 6.00. The van der Waals surface area contributed by atoms with Crippen molar-refractivity contribution in [3.8, 4) is 17.3 Å². The van der Waals surface area contributed by atoms with E-state index >= 15 is 0 Å². The van der Waals surface area contributed by atoms with Crippen molar-refractivity contribution in [2.45, 2.75) is 44.3 Å². The zero-order valence-corrected chi connectivity index (χ0v) is 23.1. The van der Waals surface area contributed by atoms with E-state index in [1.165, 1.54) is 18.4 Å². The van der Waals surface area contributed by atoms with Crippen molar-refractivity contribution in [1.82, 2.24) is 29.3 Å². The van der Waals surface area contributed by atoms with Crippen LogP contribution in [-0.4, -0.2) is 68.7 Å². The van der Waals surface area contributed by atoms with E-state index in [1.54, 1.807) is 7.11 Å². The maximum absolute atomic E-state index is 13.7. The number of nitrogens with zero attached hydrogens (tertiary/aromatic N) is 5. The second kappa shape index (κ2) is 8.91. The van der Waals surface area contributed by atoms with Crippen LogP contribution >= 0.6 is 0 Å². The quantitative estimate of drug-likeness (QED) is 0.390. The van der Waals surface area contributed by atoms with E-state index in [2.05, 4.69) is 38.7 Å². The minimum Gasteiger partial charge on any atom is -0.494 e. The molecule has 40 heavy (non-hydrogen) atoms. The van der Waals surface area contributed by atoms with Gasteiger partial charge in [-0.1, -0.05) is 6.08 Å². The number of nitrogens with two attached hydrogens (primary N) is 1. The lowest BCUT2D eigenvalue weighted by Crippen LogP contribution is -2.41. The standard InChI is InChI=1S/C31H35N7O2/c1-36-28-23(11-21(13-26(28)40-2)31(39)38-16-20-6-8-24(38)27(20)32)35-30(36)25-12-18-5-7-22(19-9-10-33-14-19)34-29(18)37(25)15-17-3-4-17/h5,7,9,11-13,17,20,24,27,33H,3-4,6,8,10,14-16,32H2,1-2H3. The predicted octanol–water partition coefficient (Wildman–Crippen LogP) is 3.56. The van der Waals surface area contributed by atoms with Crippen LogP contribution in [-0.2, 0) is 13.6 Å². The number of imidazole rings is 1. The third-order valence-electron chi connectivity index (χ3n) is 9.56. The molecule has 3 atom stereocenters. The highest BCUT2D eigenvalue weighted by atomic mass is 16.5. The van der Waals surface area contributed by atoms with Crippen molar-refractivity contribution in [2.24, 2.45) is 24.6 Å². The summed E-state index contributed by atoms with van der Waals surface area (Å²) in [5.41, 5.74) is 13.0. The number of methoxy groups -OCH3 is 1. The Morgan fingerprint density at radius 2 is 2.02 bits per heavy atom. The summed E-state index contributed by atoms with van der Waals surface area (Å²) < 4.78 is 10.3. The number of carbonyl (C=O) groups excluding carboxylic acids is 1. The molecule has 1 aromatic carbocycles. The van der Waals surface area contributed by atoms with Gasteiger partial charge in [-0.2, -0.15) is 0 Å². The molecule has 0 radical (unpaired) electrons. The Morgan fingerprint density at radius 3 is 2.73 bits per heavy atom. The number of carbonyl (C=O) groups is 1. The summed E-state index contributed by atoms with van der Waals surface area (Å²) in [4.78, 5) is 25.9. The SMILES string of the molecule is COc1cc(C(=O)N2CC3CCC2C3N)cc2nc(-c3cc4ccc(C5=CCNC5)nc4n3CC3CC3)n(C)c12. The van der Waals surface area contributed by atoms with Gasteiger partial charge in [-0.15, -0.1) is 0 Å². The first-order valence-corrected chi connectivity index (χ1v) is 14.5. The van der Waals surface area contributed by atoms with Gasteiger partial charge in [-0.3, -0.25) is 4.79 Å². The van der Waals surface area contributed by atoms with Gasteiger partial charge in [0, 0.05) is 56.3 Å². The number of aromatic nitrogens is 4. The van der Waals surface area contributed by atoms with Crippen molar-refractivity contribution in [3.63, 3.8) is 0 Å². The topological polar surface area (TPSA) is 103 Å². The summed E-state index contributed by atoms with van der Waals surface area (Å²) in [5.74, 6) is 2.60. The first kappa shape index (κ1) is 24.1. The maximum Gasteiger partial charge on any atom is 0.254 e. The van der Waals surface area contributed by atoms with E-state index in [0.29, 0.717) is 23.1 Å². The van der Waals surface area contributed by atoms with Crippen molar-refractivity contribution in [3.05, 3.63) is 47.7 Å². The van der Waals surface area contributed by atoms with Crippen LogP contribution in [0.5, 0.6) is 5.75 Å². The van der Waals surface area contributed by atoms with Crippen LogP contribution in [0.25, 0.3) is 39.2 Å². The summed E-state index contributed by atoms with van der Waals surface area (Å²) >= 11 is 0. The maximum atomic E-state index is 13.7. The van der Waals surface area contributed by atoms with Gasteiger partial charge in [0.1, 0.15) is 16.9 Å². The molecule has 4 aromatic rings. The molecule has 9 nitrogen and oxygen atoms in total. The molecule has 8 rings (SSSR count). The molecule has 206 valence electrons. The van der Waals surface area contributed by atoms with Gasteiger partial charge in [0.05, 0.1) is 24.0 Å². The number of amides is 1. The van der Waals surface area contributed by atoms with Crippen LogP contribution in [0.3, 0.4) is 0 Å². The third-order valence-corrected chi connectivity index (χ3v) is 9.56. The van der Waals surface area contributed by atoms with Crippen molar-refractivity contribution in [2.75, 3.05) is 26.7 Å². The fraction of sp³-hybridized carbons (Fsp3) is 0.452. The highest BCUT2D eigenvalue weighted by Crippen LogP contribution is 2.40. The van der Waals surface area contributed by atoms with Crippen LogP contribution in [0.2, 0.25) is 0 Å². The molecule has 5 heterocycles. The van der Waals surface area contributed by atoms with Gasteiger partial charge in [0.15, 0.2) is 5.82 Å². The number of ether oxygens (including phenoxy) is 1. The molecule has 2 bridgehead atoms. The second-order valence-corrected chi connectivity index (χ2v) is 12.0. The lowest BCUT2D eigenvalue weighted by Gasteiger charge is -2.27. The number of benzene rings is 1. The minimum atomic E-state index is 0.0188. The average molecular weight is 538 g/mol. The average Bonchev–Trinajstić information content (AvgIpc) is 3.34. The Bertz CT molecular complexity index is 1710. The number of piperidine rings is 1. The first-order chi connectivity index (χ1) is 19.5. The molecular formula is C31H35N7O2. The molecule has 3 aromatic heterocycles. The predicted molar refractivity (Wildman–Crippen MR) is 155 cm³/mol. The molecule has 9 heteroatoms. The lowest BCUT2D eigenvalue weighted by molar-refractivity contribution is 0.0700. The zero-order chi connectivity index (χ0) is 27.1. The molecule has 3 fully saturated rings. The van der Waals surface area contributed by atoms with E-state index in [4.69, 9.17) is 20.4 Å². The largest absolute Gasteiger partial charge is 0.494 e. The molecule has 3 N–H and O–H groups in total. The number of fused-ring (bicyclic) bond motifs is 4. The molecule has 1 amide bonds. The smallest absolute Gasteiger partial charge is 0.254 e. The Balaban J connectivity index is 1.24. The summed E-state index contributed by atoms with van der Waals surface area (Å²) in [6.07, 6.45) is 6.82. The molecule has 1 saturated heterocycles. The van der Waals surface area contributed by atoms with Gasteiger partial charge >= 0.3 is 0 Å². The zero-order valence-electron chi connectivity index (χ0n) is 23.1. The third kappa shape index (κ3) is 3.64. The summed E-state index contributed by atoms with van der Waals surface area (Å²) in [7, 11) is 3.69. The Morgan fingerprint density at radius 1 is 1.15 bits per heavy atom. The van der Waals surface area contributed by atoms with Crippen molar-refractivity contribution < 1.29 is 9.53 Å². The van der Waals surface area contributed by atoms with Gasteiger partial charge < -0.3 is 29.8 Å². The summed E-state index contributed by atoms with van der Waals surface area (Å²) in [5, 5.41) is 4.49. The van der Waals surface area contributed by atoms with E-state index in [1.807, 2.05) is 24.1 Å². The fourth-order valence-electron chi connectivity index (χ4n) is 7.17. The number of aryl methyl sites for hydroxylation is 1. The van der Waals surface area contributed by atoms with Gasteiger partial charge in [0.25, 0.3) is 5.91 Å². The number of hydrogen-bond donors (Lipinski definition) is 2. The summed E-state index contributed by atoms with van der Waals surface area (Å²) in [6.45, 7) is 3.41. The van der Waals surface area contributed by atoms with Crippen LogP contribution < -0.4 is 15.8 Å². The van der Waals surface area contributed by atoms with Gasteiger partial charge in [-0.05, 0) is 73.4 Å². The first-order valence-electron chi connectivity index (χ1n) is 14.5. The Labute approximate surface area is 233 Å². The van der Waals surface area contributed by atoms with Crippen LogP contribution in [0, 0.1) is 11.8 Å². The number of likely N-dealkylation sites (tertiary alicyclic amines) is 1. The van der Waals surface area contributed by atoms with Gasteiger partial charge in [0.2, 0.25) is 0 Å². The molecule has 2 aliphatic heterocycles. The number of rotatable bonds is 6. The highest BCUT2D eigenvalue weighted by Gasteiger charge is 2.47. The van der Waals surface area contributed by atoms with Crippen LogP contribution in [0.1, 0.15) is 41.7 Å². The summed E-state index contributed by atoms with van der Waals surface area (Å²) in [6, 6.07) is 10.5. The number of pyridine rings is 1. The van der Waals surface area contributed by atoms with E-state index in [9.17, 15) is 4.79 Å². The van der Waals surface area contributed by atoms with E-state index in [-0.39, 0.29) is 18.0 Å². The number of hydrogen-bond acceptors (Lipinski definition) is 6. The lowest BCUT2D eigenvalue weighted by atomic mass is 10.1. The fourth-order valence-corrected chi connectivity index (χ4v) is 7.17. The molecular weight excluding hydrogens is 502 g/mol. The Hall–Kier alpha value is -3.69. The van der Waals surface area contributed by atoms with Gasteiger partial charge in [-0.25, -0.2) is 9.97 Å². The van der Waals surface area contributed by atoms with Crippen molar-refractivity contribution >= 4 is 33.5 Å². The molecule has 3 unspecified atom stereocenters. The van der Waals surface area contributed by atoms with E-state index in [0.717, 1.165) is 78.3 Å². The molecule has 0 spiro atoms.